The molecule has 5 heterocycles. The van der Waals surface area contributed by atoms with E-state index < -0.39 is 43.1 Å². The molecule has 0 amide bonds. The summed E-state index contributed by atoms with van der Waals surface area (Å²) in [5.41, 5.74) is 3.08. The first-order chi connectivity index (χ1) is 20.1. The molecule has 222 valence electrons. The van der Waals surface area contributed by atoms with E-state index in [1.54, 1.807) is 11.3 Å². The van der Waals surface area contributed by atoms with Crippen molar-refractivity contribution in [2.45, 2.75) is 84.5 Å². The van der Waals surface area contributed by atoms with E-state index >= 15 is 4.39 Å². The average Bonchev–Trinajstić information content (AvgIpc) is 3.66. The molecule has 10 heteroatoms. The molecule has 0 spiro atoms. The van der Waals surface area contributed by atoms with Gasteiger partial charge in [0.25, 0.3) is 0 Å². The van der Waals surface area contributed by atoms with Crippen molar-refractivity contribution in [3.63, 3.8) is 0 Å². The molecular weight excluding hydrogens is 563 g/mol. The molecule has 0 bridgehead atoms. The fourth-order valence-corrected chi connectivity index (χ4v) is 6.83. The molecule has 2 atom stereocenters. The van der Waals surface area contributed by atoms with Crippen LogP contribution in [0.4, 0.5) is 4.39 Å². The maximum atomic E-state index is 16.2. The zero-order chi connectivity index (χ0) is 30.6. The number of benzene rings is 2. The molecule has 2 saturated heterocycles. The van der Waals surface area contributed by atoms with Crippen LogP contribution in [0.5, 0.6) is 5.75 Å². The molecule has 0 radical (unpaired) electrons. The van der Waals surface area contributed by atoms with E-state index in [0.29, 0.717) is 16.8 Å². The van der Waals surface area contributed by atoms with Crippen LogP contribution in [0.3, 0.4) is 0 Å². The van der Waals surface area contributed by atoms with Crippen LogP contribution in [-0.2, 0) is 18.6 Å². The molecule has 7 rings (SSSR count). The Morgan fingerprint density at radius 1 is 0.907 bits per heavy atom. The molecule has 2 aromatic heterocycles. The molecule has 0 aliphatic carbocycles. The highest BCUT2D eigenvalue weighted by Crippen LogP contribution is 2.47. The quantitative estimate of drug-likeness (QED) is 0.245. The molecule has 2 fully saturated rings. The highest BCUT2D eigenvalue weighted by molar-refractivity contribution is 7.13. The van der Waals surface area contributed by atoms with E-state index in [-0.39, 0.29) is 6.10 Å². The van der Waals surface area contributed by atoms with Gasteiger partial charge in [0, 0.05) is 10.3 Å². The Morgan fingerprint density at radius 2 is 1.63 bits per heavy atom. The summed E-state index contributed by atoms with van der Waals surface area (Å²) in [5.74, 6) is 0.0605. The Labute approximate surface area is 257 Å². The lowest BCUT2D eigenvalue weighted by molar-refractivity contribution is 0.00578. The number of nitrogens with zero attached hydrogens (tertiary/aromatic N) is 1. The fourth-order valence-electron chi connectivity index (χ4n) is 5.87. The van der Waals surface area contributed by atoms with E-state index in [2.05, 4.69) is 29.3 Å². The van der Waals surface area contributed by atoms with Crippen LogP contribution in [0.15, 0.2) is 55.1 Å². The number of halogens is 1. The van der Waals surface area contributed by atoms with E-state index in [0.717, 1.165) is 37.4 Å². The van der Waals surface area contributed by atoms with Crippen LogP contribution in [-0.4, -0.2) is 41.7 Å². The first-order valence-corrected chi connectivity index (χ1v) is 15.6. The number of fused-ring (bicyclic) bond motifs is 5. The highest BCUT2D eigenvalue weighted by Gasteiger charge is 2.52. The van der Waals surface area contributed by atoms with Gasteiger partial charge in [-0.15, -0.1) is 11.3 Å². The Hall–Kier alpha value is -2.88. The Balaban J connectivity index is 1.37. The molecule has 43 heavy (non-hydrogen) atoms. The molecule has 0 saturated carbocycles. The van der Waals surface area contributed by atoms with Gasteiger partial charge in [-0.3, -0.25) is 4.57 Å². The van der Waals surface area contributed by atoms with Gasteiger partial charge in [0.2, 0.25) is 6.23 Å². The number of hydrogen-bond acceptors (Lipinski definition) is 6. The lowest BCUT2D eigenvalue weighted by atomic mass is 9.78. The minimum absolute atomic E-state index is 0.0475. The van der Waals surface area contributed by atoms with Crippen molar-refractivity contribution in [1.29, 1.82) is 0 Å². The van der Waals surface area contributed by atoms with Gasteiger partial charge >= 0.3 is 14.2 Å². The van der Waals surface area contributed by atoms with Crippen LogP contribution in [0.1, 0.15) is 71.4 Å². The van der Waals surface area contributed by atoms with E-state index in [9.17, 15) is 0 Å². The number of aromatic nitrogens is 1. The van der Waals surface area contributed by atoms with Crippen LogP contribution in [0, 0.1) is 5.82 Å². The van der Waals surface area contributed by atoms with Crippen molar-refractivity contribution in [3.8, 4) is 17.0 Å². The highest BCUT2D eigenvalue weighted by atomic mass is 32.1. The van der Waals surface area contributed by atoms with Gasteiger partial charge in [-0.05, 0) is 108 Å². The Morgan fingerprint density at radius 3 is 2.26 bits per heavy atom. The maximum absolute atomic E-state index is 16.2. The van der Waals surface area contributed by atoms with Crippen molar-refractivity contribution < 1.29 is 27.7 Å². The van der Waals surface area contributed by atoms with E-state index in [4.69, 9.17) is 23.4 Å². The SMILES string of the molecule is C=C(C)c1ccc(C2Oc3cc(B4OC(C)(C)C(C)(C)O4)cc(F)c3-c3cc4cc(B5OC(C)C(C)(C)O5)ccc4n32)s1. The molecule has 3 aliphatic heterocycles. The molecule has 2 aromatic carbocycles. The zero-order valence-electron chi connectivity index (χ0n) is 25.9. The van der Waals surface area contributed by atoms with Gasteiger partial charge in [-0.2, -0.15) is 0 Å². The van der Waals surface area contributed by atoms with Crippen molar-refractivity contribution in [2.24, 2.45) is 0 Å². The normalized spacial score (nSPS) is 23.4. The van der Waals surface area contributed by atoms with Gasteiger partial charge in [0.05, 0.1) is 44.6 Å². The molecule has 4 aromatic rings. The van der Waals surface area contributed by atoms with Crippen LogP contribution in [0.2, 0.25) is 0 Å². The third-order valence-corrected chi connectivity index (χ3v) is 10.8. The average molecular weight is 599 g/mol. The number of hydrogen-bond donors (Lipinski definition) is 0. The van der Waals surface area contributed by atoms with Crippen molar-refractivity contribution in [3.05, 3.63) is 70.7 Å². The monoisotopic (exact) mass is 599 g/mol. The predicted octanol–water partition coefficient (Wildman–Crippen LogP) is 6.69. The summed E-state index contributed by atoms with van der Waals surface area (Å²) >= 11 is 1.63. The summed E-state index contributed by atoms with van der Waals surface area (Å²) in [6.07, 6.45) is -0.552. The first-order valence-electron chi connectivity index (χ1n) is 14.7. The van der Waals surface area contributed by atoms with Crippen LogP contribution < -0.4 is 15.7 Å². The largest absolute Gasteiger partial charge is 0.495 e. The maximum Gasteiger partial charge on any atom is 0.495 e. The summed E-state index contributed by atoms with van der Waals surface area (Å²) in [7, 11) is -1.18. The summed E-state index contributed by atoms with van der Waals surface area (Å²) in [5, 5.41) is 0.949. The van der Waals surface area contributed by atoms with Crippen molar-refractivity contribution >= 4 is 53.0 Å². The zero-order valence-corrected chi connectivity index (χ0v) is 26.7. The van der Waals surface area contributed by atoms with Gasteiger partial charge < -0.3 is 23.4 Å². The van der Waals surface area contributed by atoms with Crippen molar-refractivity contribution in [1.82, 2.24) is 4.57 Å². The third-order valence-electron chi connectivity index (χ3n) is 9.47. The summed E-state index contributed by atoms with van der Waals surface area (Å²) < 4.78 is 49.9. The minimum Gasteiger partial charge on any atom is -0.464 e. The molecule has 6 nitrogen and oxygen atoms in total. The lowest BCUT2D eigenvalue weighted by Crippen LogP contribution is -2.41. The summed E-state index contributed by atoms with van der Waals surface area (Å²) in [4.78, 5) is 2.07. The van der Waals surface area contributed by atoms with Gasteiger partial charge in [0.1, 0.15) is 11.6 Å². The lowest BCUT2D eigenvalue weighted by Gasteiger charge is -2.32. The number of thiophene rings is 1. The molecule has 3 aliphatic rings. The second kappa shape index (κ2) is 9.56. The van der Waals surface area contributed by atoms with Crippen LogP contribution in [0.25, 0.3) is 27.7 Å². The van der Waals surface area contributed by atoms with E-state index in [1.807, 2.05) is 79.7 Å². The number of rotatable bonds is 4. The van der Waals surface area contributed by atoms with Gasteiger partial charge in [0.15, 0.2) is 0 Å². The molecule has 2 unspecified atom stereocenters. The minimum atomic E-state index is -0.711. The third kappa shape index (κ3) is 4.53. The summed E-state index contributed by atoms with van der Waals surface area (Å²) in [6.45, 7) is 20.1. The van der Waals surface area contributed by atoms with Gasteiger partial charge in [-0.25, -0.2) is 4.39 Å². The first kappa shape index (κ1) is 28.9. The van der Waals surface area contributed by atoms with Crippen molar-refractivity contribution in [2.75, 3.05) is 0 Å². The van der Waals surface area contributed by atoms with E-state index in [1.165, 1.54) is 6.07 Å². The number of allylic oxidation sites excluding steroid dienone is 1. The Kier molecular flexibility index (Phi) is 6.42. The number of ether oxygens (including phenoxy) is 1. The van der Waals surface area contributed by atoms with Gasteiger partial charge in [-0.1, -0.05) is 18.7 Å². The Bertz CT molecular complexity index is 1780. The molecular formula is C33H36B2FNO5S. The summed E-state index contributed by atoms with van der Waals surface area (Å²) in [6, 6.07) is 15.6. The second-order valence-corrected chi connectivity index (χ2v) is 14.6. The predicted molar refractivity (Wildman–Crippen MR) is 172 cm³/mol. The topological polar surface area (TPSA) is 51.1 Å². The fraction of sp³-hybridized carbons (Fsp3) is 0.394. The smallest absolute Gasteiger partial charge is 0.464 e. The van der Waals surface area contributed by atoms with Crippen LogP contribution >= 0.6 is 11.3 Å². The second-order valence-electron chi connectivity index (χ2n) is 13.5. The standard InChI is InChI=1S/C33H36B2FNO5S/c1-18(2)27-12-13-28(43-27)30-37-24-11-10-21(34-39-19(3)31(4,5)40-34)14-20(24)15-25(37)29-23(36)16-22(17-26(29)38-30)35-41-32(6,7)33(8,9)42-35/h10-17,19,30H,1H2,2-9H3. The molecule has 0 N–H and O–H groups in total.